The highest BCUT2D eigenvalue weighted by Crippen LogP contribution is 2.60. The Hall–Kier alpha value is -4.78. The number of aromatic carboxylic acids is 1. The maximum absolute atomic E-state index is 10.4. The minimum atomic E-state index is -1.90. The lowest BCUT2D eigenvalue weighted by Crippen LogP contribution is -2.36. The summed E-state index contributed by atoms with van der Waals surface area (Å²) in [6.07, 6.45) is 3.37. The molecule has 0 atom stereocenters. The molecule has 0 aliphatic heterocycles. The van der Waals surface area contributed by atoms with Crippen LogP contribution in [0, 0.1) is 0 Å². The monoisotopic (exact) mass is 720 g/mol. The SMILES string of the molecule is O=C(O)c1ccccc1S.c1ccc([P+](CCC[P+](c2ccccc2)(c2ccccc2)c2ccccc2)(c2ccccc2)c2ccccc2)cc1. The first kappa shape index (κ1) is 36.0. The zero-order valence-electron chi connectivity index (χ0n) is 28.4. The van der Waals surface area contributed by atoms with Crippen LogP contribution in [-0.4, -0.2) is 23.4 Å². The topological polar surface area (TPSA) is 37.3 Å². The van der Waals surface area contributed by atoms with Crippen molar-refractivity contribution in [3.8, 4) is 0 Å². The molecule has 7 aromatic rings. The van der Waals surface area contributed by atoms with Crippen molar-refractivity contribution in [3.05, 3.63) is 212 Å². The summed E-state index contributed by atoms with van der Waals surface area (Å²) >= 11 is 3.96. The van der Waals surface area contributed by atoms with Crippen molar-refractivity contribution in [2.45, 2.75) is 11.3 Å². The van der Waals surface area contributed by atoms with Gasteiger partial charge in [0.1, 0.15) is 46.4 Å². The Morgan fingerprint density at radius 1 is 0.392 bits per heavy atom. The van der Waals surface area contributed by atoms with E-state index < -0.39 is 20.5 Å². The first-order valence-electron chi connectivity index (χ1n) is 17.2. The molecule has 0 aliphatic carbocycles. The summed E-state index contributed by atoms with van der Waals surface area (Å²) in [5.74, 6) is -0.939. The fraction of sp³-hybridized carbons (Fsp3) is 0.0652. The van der Waals surface area contributed by atoms with Crippen LogP contribution in [0.15, 0.2) is 211 Å². The van der Waals surface area contributed by atoms with Crippen LogP contribution in [0.5, 0.6) is 0 Å². The van der Waals surface area contributed by atoms with Gasteiger partial charge in [0.15, 0.2) is 0 Å². The molecular formula is C46H42O2P2S+2. The Balaban J connectivity index is 0.000000388. The zero-order valence-corrected chi connectivity index (χ0v) is 31.1. The number of hydrogen-bond acceptors (Lipinski definition) is 2. The van der Waals surface area contributed by atoms with Gasteiger partial charge in [0.2, 0.25) is 0 Å². The van der Waals surface area contributed by atoms with E-state index in [1.165, 1.54) is 37.9 Å². The Bertz CT molecular complexity index is 1780. The largest absolute Gasteiger partial charge is 0.478 e. The highest BCUT2D eigenvalue weighted by Gasteiger charge is 2.49. The molecule has 0 saturated heterocycles. The van der Waals surface area contributed by atoms with Crippen molar-refractivity contribution in [1.82, 2.24) is 0 Å². The van der Waals surface area contributed by atoms with Gasteiger partial charge in [-0.15, -0.1) is 12.6 Å². The van der Waals surface area contributed by atoms with Crippen molar-refractivity contribution in [3.63, 3.8) is 0 Å². The average molecular weight is 721 g/mol. The molecule has 0 saturated carbocycles. The summed E-state index contributed by atoms with van der Waals surface area (Å²) < 4.78 is 0. The van der Waals surface area contributed by atoms with Gasteiger partial charge in [0.05, 0.1) is 17.9 Å². The van der Waals surface area contributed by atoms with E-state index in [-0.39, 0.29) is 5.56 Å². The van der Waals surface area contributed by atoms with E-state index in [1.807, 2.05) is 0 Å². The molecule has 0 unspecified atom stereocenters. The van der Waals surface area contributed by atoms with E-state index in [0.29, 0.717) is 4.90 Å². The predicted octanol–water partition coefficient (Wildman–Crippen LogP) is 9.04. The molecule has 0 heterocycles. The lowest BCUT2D eigenvalue weighted by atomic mass is 10.2. The molecule has 2 nitrogen and oxygen atoms in total. The van der Waals surface area contributed by atoms with Crippen LogP contribution >= 0.6 is 27.2 Å². The molecule has 0 amide bonds. The first-order valence-corrected chi connectivity index (χ1v) is 21.6. The molecule has 51 heavy (non-hydrogen) atoms. The van der Waals surface area contributed by atoms with Gasteiger partial charge in [-0.2, -0.15) is 0 Å². The number of carboxylic acid groups (broad SMARTS) is 1. The summed E-state index contributed by atoms with van der Waals surface area (Å²) in [5.41, 5.74) is 0.242. The Kier molecular flexibility index (Phi) is 12.3. The number of rotatable bonds is 11. The first-order chi connectivity index (χ1) is 25.1. The van der Waals surface area contributed by atoms with Gasteiger partial charge in [0.25, 0.3) is 0 Å². The standard InChI is InChI=1S/C39H36P2.C7H6O2S/c1-7-20-34(21-8-1)40(35-22-9-2-10-23-35,36-24-11-3-12-25-36)32-19-33-41(37-26-13-4-14-27-37,38-28-15-5-16-29-38)39-30-17-6-18-31-39;8-7(9)5-3-1-2-4-6(5)10/h1-18,20-31H,19,32-33H2;1-4,10H,(H,8,9)/q+2;. The van der Waals surface area contributed by atoms with Crippen molar-refractivity contribution in [1.29, 1.82) is 0 Å². The normalized spacial score (nSPS) is 11.2. The van der Waals surface area contributed by atoms with E-state index in [2.05, 4.69) is 195 Å². The van der Waals surface area contributed by atoms with E-state index >= 15 is 0 Å². The van der Waals surface area contributed by atoms with Crippen LogP contribution in [0.25, 0.3) is 0 Å². The number of thiol groups is 1. The second kappa shape index (κ2) is 17.4. The number of benzene rings is 7. The molecule has 0 spiro atoms. The quantitative estimate of drug-likeness (QED) is 0.103. The van der Waals surface area contributed by atoms with Crippen molar-refractivity contribution >= 4 is 65.0 Å². The van der Waals surface area contributed by atoms with Gasteiger partial charge in [0, 0.05) is 11.3 Å². The second-order valence-electron chi connectivity index (χ2n) is 12.3. The fourth-order valence-electron chi connectivity index (χ4n) is 6.96. The van der Waals surface area contributed by atoms with Gasteiger partial charge in [-0.1, -0.05) is 121 Å². The number of carboxylic acids is 1. The molecule has 7 aromatic carbocycles. The molecular weight excluding hydrogens is 679 g/mol. The molecule has 0 radical (unpaired) electrons. The number of carbonyl (C=O) groups is 1. The third-order valence-electron chi connectivity index (χ3n) is 9.30. The molecule has 0 aromatic heterocycles. The summed E-state index contributed by atoms with van der Waals surface area (Å²) in [4.78, 5) is 10.9. The third kappa shape index (κ3) is 8.08. The van der Waals surface area contributed by atoms with Gasteiger partial charge >= 0.3 is 5.97 Å². The minimum absolute atomic E-state index is 0.242. The second-order valence-corrected chi connectivity index (χ2v) is 20.0. The van der Waals surface area contributed by atoms with Crippen LogP contribution < -0.4 is 31.8 Å². The molecule has 1 N–H and O–H groups in total. The fourth-order valence-corrected chi connectivity index (χ4v) is 16.2. The van der Waals surface area contributed by atoms with Crippen molar-refractivity contribution in [2.75, 3.05) is 12.3 Å². The van der Waals surface area contributed by atoms with Gasteiger partial charge in [-0.25, -0.2) is 4.79 Å². The maximum atomic E-state index is 10.4. The van der Waals surface area contributed by atoms with Gasteiger partial charge in [-0.3, -0.25) is 0 Å². The lowest BCUT2D eigenvalue weighted by molar-refractivity contribution is 0.0693. The number of hydrogen-bond donors (Lipinski definition) is 2. The highest BCUT2D eigenvalue weighted by atomic mass is 32.1. The van der Waals surface area contributed by atoms with E-state index in [4.69, 9.17) is 5.11 Å². The molecule has 0 fully saturated rings. The third-order valence-corrected chi connectivity index (χ3v) is 18.7. The van der Waals surface area contributed by atoms with Gasteiger partial charge < -0.3 is 5.11 Å². The molecule has 0 aliphatic rings. The van der Waals surface area contributed by atoms with Crippen LogP contribution in [0.2, 0.25) is 0 Å². The predicted molar refractivity (Wildman–Crippen MR) is 225 cm³/mol. The lowest BCUT2D eigenvalue weighted by Gasteiger charge is -2.30. The average Bonchev–Trinajstić information content (AvgIpc) is 3.20. The van der Waals surface area contributed by atoms with Crippen LogP contribution in [0.1, 0.15) is 16.8 Å². The Labute approximate surface area is 309 Å². The summed E-state index contributed by atoms with van der Waals surface area (Å²) in [5, 5.41) is 17.3. The van der Waals surface area contributed by atoms with E-state index in [9.17, 15) is 4.79 Å². The Morgan fingerprint density at radius 3 is 0.843 bits per heavy atom. The minimum Gasteiger partial charge on any atom is -0.478 e. The van der Waals surface area contributed by atoms with Crippen LogP contribution in [-0.2, 0) is 0 Å². The molecule has 252 valence electrons. The summed E-state index contributed by atoms with van der Waals surface area (Å²) in [6, 6.07) is 74.4. The zero-order chi connectivity index (χ0) is 35.4. The molecule has 7 rings (SSSR count). The smallest absolute Gasteiger partial charge is 0.336 e. The summed E-state index contributed by atoms with van der Waals surface area (Å²) in [6.45, 7) is 0. The van der Waals surface area contributed by atoms with E-state index in [1.54, 1.807) is 18.2 Å². The highest BCUT2D eigenvalue weighted by molar-refractivity contribution is 7.96. The van der Waals surface area contributed by atoms with Crippen molar-refractivity contribution in [2.24, 2.45) is 0 Å². The summed E-state index contributed by atoms with van der Waals surface area (Å²) in [7, 11) is -3.79. The van der Waals surface area contributed by atoms with E-state index in [0.717, 1.165) is 18.7 Å². The molecule has 5 heteroatoms. The van der Waals surface area contributed by atoms with Gasteiger partial charge in [-0.05, 0) is 84.9 Å². The maximum Gasteiger partial charge on any atom is 0.336 e. The van der Waals surface area contributed by atoms with Crippen LogP contribution in [0.4, 0.5) is 0 Å². The molecule has 0 bridgehead atoms. The van der Waals surface area contributed by atoms with Crippen molar-refractivity contribution < 1.29 is 9.90 Å². The van der Waals surface area contributed by atoms with Crippen LogP contribution in [0.3, 0.4) is 0 Å². The Morgan fingerprint density at radius 2 is 0.627 bits per heavy atom.